The highest BCUT2D eigenvalue weighted by atomic mass is 16.5. The molecule has 4 aliphatic carbocycles. The van der Waals surface area contributed by atoms with Crippen LogP contribution in [0.15, 0.2) is 11.6 Å². The number of esters is 1. The molecule has 2 N–H and O–H groups in total. The first-order chi connectivity index (χ1) is 12.2. The van der Waals surface area contributed by atoms with Gasteiger partial charge in [0.2, 0.25) is 0 Å². The zero-order chi connectivity index (χ0) is 18.9. The van der Waals surface area contributed by atoms with Gasteiger partial charge in [0.1, 0.15) is 11.9 Å². The van der Waals surface area contributed by atoms with Crippen LogP contribution >= 0.6 is 0 Å². The molecule has 0 amide bonds. The lowest BCUT2D eigenvalue weighted by Crippen LogP contribution is -2.60. The minimum atomic E-state index is -0.592. The van der Waals surface area contributed by atoms with Crippen molar-refractivity contribution < 1.29 is 24.5 Å². The molecule has 5 heteroatoms. The van der Waals surface area contributed by atoms with Crippen molar-refractivity contribution in [2.45, 2.75) is 77.6 Å². The number of hydrogen-bond donors (Lipinski definition) is 2. The Hall–Kier alpha value is -1.20. The fraction of sp³-hybridized carbons (Fsp3) is 0.810. The molecule has 2 unspecified atom stereocenters. The Morgan fingerprint density at radius 1 is 1.23 bits per heavy atom. The molecule has 0 aromatic rings. The monoisotopic (exact) mass is 362 g/mol. The molecule has 0 bridgehead atoms. The average molecular weight is 362 g/mol. The van der Waals surface area contributed by atoms with E-state index in [0.717, 1.165) is 24.8 Å². The van der Waals surface area contributed by atoms with Crippen molar-refractivity contribution >= 4 is 11.8 Å². The van der Waals surface area contributed by atoms with Crippen molar-refractivity contribution in [2.24, 2.45) is 28.6 Å². The van der Waals surface area contributed by atoms with Gasteiger partial charge < -0.3 is 14.9 Å². The van der Waals surface area contributed by atoms with E-state index in [1.54, 1.807) is 0 Å². The molecular weight excluding hydrogens is 332 g/mol. The first-order valence-electron chi connectivity index (χ1n) is 9.94. The van der Waals surface area contributed by atoms with Crippen LogP contribution in [-0.4, -0.2) is 40.3 Å². The Bertz CT molecular complexity index is 669. The minimum absolute atomic E-state index is 0.0386. The van der Waals surface area contributed by atoms with Crippen LogP contribution in [0.4, 0.5) is 0 Å². The fourth-order valence-electron chi connectivity index (χ4n) is 6.80. The van der Waals surface area contributed by atoms with Gasteiger partial charge in [0, 0.05) is 30.6 Å². The highest BCUT2D eigenvalue weighted by molar-refractivity contribution is 5.87. The van der Waals surface area contributed by atoms with E-state index in [1.807, 2.05) is 13.0 Å². The largest absolute Gasteiger partial charge is 0.458 e. The van der Waals surface area contributed by atoms with Crippen molar-refractivity contribution in [3.8, 4) is 0 Å². The molecule has 0 aromatic heterocycles. The standard InChI is InChI=1S/C21H30O5/c1-11(22)26-16-9-12-8-13(23)6-7-20(12,2)19-15(24)10-21(3)14(18(16)19)4-5-17(21)25/h9,13-16,18-19,23-24H,4-8,10H2,1-3H3/t13-,14-,15+,16-,18+,19?,20?,21-/m0/s1. The number of rotatable bonds is 1. The van der Waals surface area contributed by atoms with Crippen LogP contribution in [0.1, 0.15) is 59.3 Å². The summed E-state index contributed by atoms with van der Waals surface area (Å²) in [5.41, 5.74) is 0.387. The molecule has 0 saturated heterocycles. The molecule has 8 atom stereocenters. The molecule has 144 valence electrons. The molecule has 0 aromatic carbocycles. The van der Waals surface area contributed by atoms with E-state index in [-0.39, 0.29) is 41.0 Å². The zero-order valence-electron chi connectivity index (χ0n) is 15.9. The van der Waals surface area contributed by atoms with Gasteiger partial charge in [0.15, 0.2) is 0 Å². The van der Waals surface area contributed by atoms with Crippen LogP contribution in [0.25, 0.3) is 0 Å². The van der Waals surface area contributed by atoms with Gasteiger partial charge in [-0.25, -0.2) is 0 Å². The maximum absolute atomic E-state index is 12.6. The number of fused-ring (bicyclic) bond motifs is 5. The van der Waals surface area contributed by atoms with Crippen molar-refractivity contribution in [1.82, 2.24) is 0 Å². The second-order valence-electron chi connectivity index (χ2n) is 9.44. The smallest absolute Gasteiger partial charge is 0.303 e. The van der Waals surface area contributed by atoms with E-state index in [4.69, 9.17) is 4.74 Å². The summed E-state index contributed by atoms with van der Waals surface area (Å²) in [6, 6.07) is 0. The predicted molar refractivity (Wildman–Crippen MR) is 95.0 cm³/mol. The summed E-state index contributed by atoms with van der Waals surface area (Å²) in [5, 5.41) is 21.3. The van der Waals surface area contributed by atoms with Gasteiger partial charge in [-0.1, -0.05) is 19.4 Å². The third-order valence-corrected chi connectivity index (χ3v) is 8.03. The van der Waals surface area contributed by atoms with E-state index < -0.39 is 17.6 Å². The number of aliphatic hydroxyl groups is 2. The second-order valence-corrected chi connectivity index (χ2v) is 9.44. The Morgan fingerprint density at radius 3 is 2.65 bits per heavy atom. The SMILES string of the molecule is CC(=O)O[C@H]1C=C2C[C@@H](O)CCC2(C)C2[C@@H]1[C@@H]1CCC(=O)[C@@]1(C)C[C@H]2O. The van der Waals surface area contributed by atoms with Gasteiger partial charge in [-0.3, -0.25) is 9.59 Å². The highest BCUT2D eigenvalue weighted by Gasteiger charge is 2.64. The fourth-order valence-corrected chi connectivity index (χ4v) is 6.80. The van der Waals surface area contributed by atoms with Crippen molar-refractivity contribution in [1.29, 1.82) is 0 Å². The van der Waals surface area contributed by atoms with Crippen LogP contribution in [0.2, 0.25) is 0 Å². The number of aliphatic hydroxyl groups excluding tert-OH is 2. The van der Waals surface area contributed by atoms with Crippen LogP contribution in [-0.2, 0) is 14.3 Å². The molecule has 5 nitrogen and oxygen atoms in total. The summed E-state index contributed by atoms with van der Waals surface area (Å²) in [6.07, 6.45) is 4.63. The number of carbonyl (C=O) groups excluding carboxylic acids is 2. The zero-order valence-corrected chi connectivity index (χ0v) is 15.9. The maximum Gasteiger partial charge on any atom is 0.303 e. The summed E-state index contributed by atoms with van der Waals surface area (Å²) in [5.74, 6) is -0.0436. The van der Waals surface area contributed by atoms with Crippen molar-refractivity contribution in [2.75, 3.05) is 0 Å². The summed E-state index contributed by atoms with van der Waals surface area (Å²) >= 11 is 0. The number of ketones is 1. The first kappa shape index (κ1) is 18.2. The third-order valence-electron chi connectivity index (χ3n) is 8.03. The van der Waals surface area contributed by atoms with Crippen LogP contribution in [0.5, 0.6) is 0 Å². The molecule has 0 aliphatic heterocycles. The lowest BCUT2D eigenvalue weighted by molar-refractivity contribution is -0.173. The number of hydrogen-bond acceptors (Lipinski definition) is 5. The molecule has 3 fully saturated rings. The Kier molecular flexibility index (Phi) is 4.12. The molecule has 0 radical (unpaired) electrons. The Labute approximate surface area is 154 Å². The van der Waals surface area contributed by atoms with E-state index >= 15 is 0 Å². The first-order valence-corrected chi connectivity index (χ1v) is 9.94. The van der Waals surface area contributed by atoms with E-state index in [0.29, 0.717) is 19.3 Å². The quantitative estimate of drug-likeness (QED) is 0.553. The lowest BCUT2D eigenvalue weighted by Gasteiger charge is -2.59. The molecular formula is C21H30O5. The van der Waals surface area contributed by atoms with Gasteiger partial charge in [-0.15, -0.1) is 0 Å². The molecule has 3 saturated carbocycles. The molecule has 26 heavy (non-hydrogen) atoms. The summed E-state index contributed by atoms with van der Waals surface area (Å²) in [4.78, 5) is 24.4. The number of Topliss-reactive ketones (excluding diaryl/α,β-unsaturated/α-hetero) is 1. The number of ether oxygens (including phenoxy) is 1. The Balaban J connectivity index is 1.82. The average Bonchev–Trinajstić information content (AvgIpc) is 2.83. The van der Waals surface area contributed by atoms with Gasteiger partial charge in [0.25, 0.3) is 0 Å². The summed E-state index contributed by atoms with van der Waals surface area (Å²) in [6.45, 7) is 5.59. The van der Waals surface area contributed by atoms with E-state index in [9.17, 15) is 19.8 Å². The van der Waals surface area contributed by atoms with E-state index in [2.05, 4.69) is 6.92 Å². The third kappa shape index (κ3) is 2.43. The summed E-state index contributed by atoms with van der Waals surface area (Å²) < 4.78 is 5.71. The Morgan fingerprint density at radius 2 is 1.96 bits per heavy atom. The van der Waals surface area contributed by atoms with E-state index in [1.165, 1.54) is 6.92 Å². The van der Waals surface area contributed by atoms with Crippen molar-refractivity contribution in [3.05, 3.63) is 11.6 Å². The van der Waals surface area contributed by atoms with Crippen LogP contribution < -0.4 is 0 Å². The topological polar surface area (TPSA) is 83.8 Å². The minimum Gasteiger partial charge on any atom is -0.458 e. The van der Waals surface area contributed by atoms with Gasteiger partial charge >= 0.3 is 5.97 Å². The molecule has 0 heterocycles. The van der Waals surface area contributed by atoms with Gasteiger partial charge in [-0.05, 0) is 49.5 Å². The second kappa shape index (κ2) is 5.90. The van der Waals surface area contributed by atoms with Gasteiger partial charge in [0.05, 0.1) is 12.2 Å². The summed E-state index contributed by atoms with van der Waals surface area (Å²) in [7, 11) is 0. The maximum atomic E-state index is 12.6. The van der Waals surface area contributed by atoms with Crippen LogP contribution in [0.3, 0.4) is 0 Å². The van der Waals surface area contributed by atoms with Crippen LogP contribution in [0, 0.1) is 28.6 Å². The van der Waals surface area contributed by atoms with Crippen molar-refractivity contribution in [3.63, 3.8) is 0 Å². The van der Waals surface area contributed by atoms with Gasteiger partial charge in [-0.2, -0.15) is 0 Å². The number of carbonyl (C=O) groups is 2. The molecule has 0 spiro atoms. The molecule has 4 rings (SSSR count). The molecule has 4 aliphatic rings. The highest BCUT2D eigenvalue weighted by Crippen LogP contribution is 2.64. The normalized spacial score (nSPS) is 50.3. The lowest BCUT2D eigenvalue weighted by atomic mass is 9.46. The predicted octanol–water partition coefficient (Wildman–Crippen LogP) is 2.39.